The van der Waals surface area contributed by atoms with Crippen molar-refractivity contribution in [3.8, 4) is 0 Å². The van der Waals surface area contributed by atoms with E-state index < -0.39 is 10.0 Å². The predicted octanol–water partition coefficient (Wildman–Crippen LogP) is 1.99. The Balaban J connectivity index is 2.06. The highest BCUT2D eigenvalue weighted by molar-refractivity contribution is 7.91. The van der Waals surface area contributed by atoms with Crippen LogP contribution in [0.1, 0.15) is 38.5 Å². The molecule has 0 saturated carbocycles. The van der Waals surface area contributed by atoms with Gasteiger partial charge < -0.3 is 5.32 Å². The smallest absolute Gasteiger partial charge is 0.252 e. The number of nitrogens with zero attached hydrogens (tertiary/aromatic N) is 1. The summed E-state index contributed by atoms with van der Waals surface area (Å²) in [5.74, 6) is -0.0885. The molecule has 1 saturated heterocycles. The zero-order chi connectivity index (χ0) is 15.7. The van der Waals surface area contributed by atoms with Gasteiger partial charge in [0, 0.05) is 23.5 Å². The summed E-state index contributed by atoms with van der Waals surface area (Å²) < 4.78 is 26.7. The molecule has 118 valence electrons. The molecule has 1 N–H and O–H groups in total. The normalized spacial score (nSPS) is 17.1. The van der Waals surface area contributed by atoms with Crippen LogP contribution in [-0.2, 0) is 21.2 Å². The zero-order valence-electron chi connectivity index (χ0n) is 12.7. The molecule has 0 atom stereocenters. The van der Waals surface area contributed by atoms with E-state index in [1.807, 2.05) is 20.8 Å². The Hall–Kier alpha value is -0.920. The van der Waals surface area contributed by atoms with E-state index in [9.17, 15) is 13.2 Å². The quantitative estimate of drug-likeness (QED) is 0.918. The minimum atomic E-state index is -3.37. The predicted molar refractivity (Wildman–Crippen MR) is 83.9 cm³/mol. The highest BCUT2D eigenvalue weighted by Crippen LogP contribution is 2.27. The molecule has 1 fully saturated rings. The lowest BCUT2D eigenvalue weighted by Gasteiger charge is -2.20. The van der Waals surface area contributed by atoms with Gasteiger partial charge in [-0.2, -0.15) is 4.31 Å². The number of carbonyl (C=O) groups is 1. The number of thiophene rings is 1. The minimum Gasteiger partial charge on any atom is -0.351 e. The van der Waals surface area contributed by atoms with Gasteiger partial charge in [0.15, 0.2) is 0 Å². The molecule has 1 aromatic rings. The maximum Gasteiger partial charge on any atom is 0.252 e. The van der Waals surface area contributed by atoms with Crippen molar-refractivity contribution in [2.24, 2.45) is 0 Å². The summed E-state index contributed by atoms with van der Waals surface area (Å²) in [5.41, 5.74) is -0.279. The summed E-state index contributed by atoms with van der Waals surface area (Å²) in [6.07, 6.45) is 2.06. The first-order valence-electron chi connectivity index (χ1n) is 7.08. The van der Waals surface area contributed by atoms with Gasteiger partial charge >= 0.3 is 0 Å². The number of hydrogen-bond donors (Lipinski definition) is 1. The lowest BCUT2D eigenvalue weighted by molar-refractivity contribution is -0.121. The summed E-state index contributed by atoms with van der Waals surface area (Å²) >= 11 is 1.19. The van der Waals surface area contributed by atoms with Crippen LogP contribution in [0.15, 0.2) is 16.3 Å². The van der Waals surface area contributed by atoms with E-state index in [-0.39, 0.29) is 17.9 Å². The number of hydrogen-bond acceptors (Lipinski definition) is 4. The van der Waals surface area contributed by atoms with Crippen molar-refractivity contribution in [1.29, 1.82) is 0 Å². The Morgan fingerprint density at radius 2 is 1.90 bits per heavy atom. The second-order valence-corrected chi connectivity index (χ2v) is 9.64. The van der Waals surface area contributed by atoms with Crippen molar-refractivity contribution in [3.63, 3.8) is 0 Å². The number of amides is 1. The fraction of sp³-hybridized carbons (Fsp3) is 0.643. The van der Waals surface area contributed by atoms with E-state index in [0.717, 1.165) is 17.7 Å². The highest BCUT2D eigenvalue weighted by atomic mass is 32.2. The molecule has 7 heteroatoms. The van der Waals surface area contributed by atoms with Crippen LogP contribution < -0.4 is 5.32 Å². The van der Waals surface area contributed by atoms with Gasteiger partial charge in [0.05, 0.1) is 6.42 Å². The van der Waals surface area contributed by atoms with Gasteiger partial charge in [0.1, 0.15) is 4.21 Å². The topological polar surface area (TPSA) is 66.5 Å². The number of rotatable bonds is 4. The standard InChI is InChI=1S/C14H22N2O3S2/c1-14(2,3)15-12(17)10-11-6-7-13(20-11)21(18,19)16-8-4-5-9-16/h6-7H,4-5,8-10H2,1-3H3,(H,15,17). The molecule has 1 aliphatic rings. The van der Waals surface area contributed by atoms with Crippen molar-refractivity contribution >= 4 is 27.3 Å². The summed E-state index contributed by atoms with van der Waals surface area (Å²) in [4.78, 5) is 12.7. The molecule has 0 bridgehead atoms. The third kappa shape index (κ3) is 4.28. The minimum absolute atomic E-state index is 0.0885. The lowest BCUT2D eigenvalue weighted by Crippen LogP contribution is -2.41. The van der Waals surface area contributed by atoms with Crippen LogP contribution in [0.4, 0.5) is 0 Å². The maximum atomic E-state index is 12.4. The van der Waals surface area contributed by atoms with Crippen molar-refractivity contribution in [2.45, 2.75) is 49.8 Å². The Kier molecular flexibility index (Phi) is 4.75. The average molecular weight is 330 g/mol. The maximum absolute atomic E-state index is 12.4. The first-order valence-corrected chi connectivity index (χ1v) is 9.34. The summed E-state index contributed by atoms with van der Waals surface area (Å²) in [6, 6.07) is 3.34. The van der Waals surface area contributed by atoms with E-state index in [1.165, 1.54) is 15.6 Å². The Labute approximate surface area is 130 Å². The molecule has 21 heavy (non-hydrogen) atoms. The molecular weight excluding hydrogens is 308 g/mol. The van der Waals surface area contributed by atoms with E-state index in [2.05, 4.69) is 5.32 Å². The monoisotopic (exact) mass is 330 g/mol. The third-order valence-corrected chi connectivity index (χ3v) is 6.60. The van der Waals surface area contributed by atoms with Gasteiger partial charge in [-0.3, -0.25) is 4.79 Å². The molecule has 0 radical (unpaired) electrons. The molecule has 0 unspecified atom stereocenters. The van der Waals surface area contributed by atoms with Crippen molar-refractivity contribution in [2.75, 3.05) is 13.1 Å². The number of nitrogens with one attached hydrogen (secondary N) is 1. The van der Waals surface area contributed by atoms with Gasteiger partial charge in [-0.25, -0.2) is 8.42 Å². The molecule has 2 rings (SSSR count). The van der Waals surface area contributed by atoms with Crippen LogP contribution >= 0.6 is 11.3 Å². The Morgan fingerprint density at radius 1 is 1.29 bits per heavy atom. The van der Waals surface area contributed by atoms with E-state index in [1.54, 1.807) is 12.1 Å². The van der Waals surface area contributed by atoms with Crippen LogP contribution in [0.25, 0.3) is 0 Å². The van der Waals surface area contributed by atoms with Gasteiger partial charge in [-0.1, -0.05) is 0 Å². The van der Waals surface area contributed by atoms with E-state index >= 15 is 0 Å². The van der Waals surface area contributed by atoms with Gasteiger partial charge in [-0.05, 0) is 45.7 Å². The van der Waals surface area contributed by atoms with E-state index in [0.29, 0.717) is 17.3 Å². The fourth-order valence-corrected chi connectivity index (χ4v) is 5.29. The van der Waals surface area contributed by atoms with Crippen molar-refractivity contribution in [3.05, 3.63) is 17.0 Å². The van der Waals surface area contributed by atoms with Crippen molar-refractivity contribution < 1.29 is 13.2 Å². The largest absolute Gasteiger partial charge is 0.351 e. The van der Waals surface area contributed by atoms with Crippen LogP contribution in [0.5, 0.6) is 0 Å². The molecule has 0 spiro atoms. The third-order valence-electron chi connectivity index (χ3n) is 3.15. The average Bonchev–Trinajstić information content (AvgIpc) is 2.96. The molecule has 2 heterocycles. The first-order chi connectivity index (χ1) is 9.68. The van der Waals surface area contributed by atoms with Crippen LogP contribution in [0.3, 0.4) is 0 Å². The number of sulfonamides is 1. The zero-order valence-corrected chi connectivity index (χ0v) is 14.3. The fourth-order valence-electron chi connectivity index (χ4n) is 2.27. The molecule has 1 aliphatic heterocycles. The molecule has 1 aromatic heterocycles. The van der Waals surface area contributed by atoms with Crippen LogP contribution in [0, 0.1) is 0 Å². The Morgan fingerprint density at radius 3 is 2.48 bits per heavy atom. The second-order valence-electron chi connectivity index (χ2n) is 6.31. The molecule has 0 aromatic carbocycles. The summed E-state index contributed by atoms with van der Waals surface area (Å²) in [7, 11) is -3.37. The molecular formula is C14H22N2O3S2. The van der Waals surface area contributed by atoms with Gasteiger partial charge in [-0.15, -0.1) is 11.3 Å². The van der Waals surface area contributed by atoms with E-state index in [4.69, 9.17) is 0 Å². The lowest BCUT2D eigenvalue weighted by atomic mass is 10.1. The summed E-state index contributed by atoms with van der Waals surface area (Å²) in [6.45, 7) is 6.95. The second kappa shape index (κ2) is 6.06. The van der Waals surface area contributed by atoms with Gasteiger partial charge in [0.2, 0.25) is 5.91 Å². The van der Waals surface area contributed by atoms with Crippen LogP contribution in [-0.4, -0.2) is 37.3 Å². The summed E-state index contributed by atoms with van der Waals surface area (Å²) in [5, 5.41) is 2.88. The first kappa shape index (κ1) is 16.5. The van der Waals surface area contributed by atoms with Crippen molar-refractivity contribution in [1.82, 2.24) is 9.62 Å². The van der Waals surface area contributed by atoms with Gasteiger partial charge in [0.25, 0.3) is 10.0 Å². The Bertz CT molecular complexity index is 608. The van der Waals surface area contributed by atoms with Crippen LogP contribution in [0.2, 0.25) is 0 Å². The SMILES string of the molecule is CC(C)(C)NC(=O)Cc1ccc(S(=O)(=O)N2CCCC2)s1. The molecule has 1 amide bonds. The molecule has 0 aliphatic carbocycles. The molecule has 5 nitrogen and oxygen atoms in total. The number of carbonyl (C=O) groups excluding carboxylic acids is 1. The highest BCUT2D eigenvalue weighted by Gasteiger charge is 2.28.